The lowest BCUT2D eigenvalue weighted by Gasteiger charge is -2.23. The second-order valence-corrected chi connectivity index (χ2v) is 6.55. The summed E-state index contributed by atoms with van der Waals surface area (Å²) in [5.41, 5.74) is 9.28. The second-order valence-electron chi connectivity index (χ2n) is 6.55. The first-order valence-electron chi connectivity index (χ1n) is 8.85. The molecule has 1 aliphatic carbocycles. The van der Waals surface area contributed by atoms with Crippen LogP contribution in [0.3, 0.4) is 0 Å². The van der Waals surface area contributed by atoms with Gasteiger partial charge in [0.05, 0.1) is 28.5 Å². The number of hydrogen-bond acceptors (Lipinski definition) is 4. The highest BCUT2D eigenvalue weighted by Crippen LogP contribution is 2.34. The van der Waals surface area contributed by atoms with Gasteiger partial charge in [-0.2, -0.15) is 5.10 Å². The van der Waals surface area contributed by atoms with Gasteiger partial charge in [0.25, 0.3) is 0 Å². The van der Waals surface area contributed by atoms with Gasteiger partial charge < -0.3 is 5.73 Å². The Kier molecular flexibility index (Phi) is 4.64. The average Bonchev–Trinajstić information content (AvgIpc) is 2.94. The molecule has 0 radical (unpaired) electrons. The normalized spacial score (nSPS) is 17.7. The number of hydrogen-bond donors (Lipinski definition) is 1. The number of Topliss-reactive ketones (excluding diaryl/α,β-unsaturated/α-hetero) is 1. The van der Waals surface area contributed by atoms with E-state index < -0.39 is 0 Å². The minimum absolute atomic E-state index is 0.105. The first-order chi connectivity index (χ1) is 11.2. The van der Waals surface area contributed by atoms with Crippen LogP contribution in [0.15, 0.2) is 6.20 Å². The molecule has 23 heavy (non-hydrogen) atoms. The summed E-state index contributed by atoms with van der Waals surface area (Å²) < 4.78 is 1.93. The van der Waals surface area contributed by atoms with Crippen LogP contribution in [0.5, 0.6) is 0 Å². The molecule has 1 aliphatic rings. The van der Waals surface area contributed by atoms with E-state index in [1.165, 1.54) is 12.8 Å². The number of carbonyl (C=O) groups is 1. The Hall–Kier alpha value is -1.91. The molecular formula is C18H26N4O. The lowest BCUT2D eigenvalue weighted by atomic mass is 9.82. The van der Waals surface area contributed by atoms with E-state index in [9.17, 15) is 4.79 Å². The van der Waals surface area contributed by atoms with Crippen molar-refractivity contribution in [3.05, 3.63) is 17.5 Å². The van der Waals surface area contributed by atoms with Crippen LogP contribution in [-0.2, 0) is 13.0 Å². The molecular weight excluding hydrogens is 288 g/mol. The molecule has 5 heteroatoms. The highest BCUT2D eigenvalue weighted by molar-refractivity contribution is 6.09. The van der Waals surface area contributed by atoms with Crippen LogP contribution in [0.1, 0.15) is 68.4 Å². The van der Waals surface area contributed by atoms with Gasteiger partial charge in [-0.25, -0.2) is 9.67 Å². The van der Waals surface area contributed by atoms with Gasteiger partial charge in [-0.3, -0.25) is 4.79 Å². The summed E-state index contributed by atoms with van der Waals surface area (Å²) >= 11 is 0. The molecule has 2 N–H and O–H groups in total. The Balaban J connectivity index is 1.99. The van der Waals surface area contributed by atoms with Crippen LogP contribution >= 0.6 is 0 Å². The van der Waals surface area contributed by atoms with Crippen LogP contribution in [-0.4, -0.2) is 20.5 Å². The van der Waals surface area contributed by atoms with Crippen molar-refractivity contribution >= 4 is 22.5 Å². The number of anilines is 1. The zero-order chi connectivity index (χ0) is 16.4. The zero-order valence-electron chi connectivity index (χ0n) is 14.1. The first kappa shape index (κ1) is 16.0. The SMILES string of the molecule is CCCCCn1ncc2c(N)c3c(nc21)CCC(CCC)C3=O. The molecule has 0 saturated heterocycles. The Bertz CT molecular complexity index is 719. The van der Waals surface area contributed by atoms with E-state index in [-0.39, 0.29) is 11.7 Å². The van der Waals surface area contributed by atoms with Gasteiger partial charge in [0.2, 0.25) is 0 Å². The molecule has 0 aliphatic heterocycles. The van der Waals surface area contributed by atoms with Crippen molar-refractivity contribution in [3.8, 4) is 0 Å². The Morgan fingerprint density at radius 1 is 1.30 bits per heavy atom. The maximum Gasteiger partial charge on any atom is 0.169 e. The van der Waals surface area contributed by atoms with Crippen molar-refractivity contribution in [2.24, 2.45) is 5.92 Å². The topological polar surface area (TPSA) is 73.8 Å². The molecule has 0 fully saturated rings. The fourth-order valence-corrected chi connectivity index (χ4v) is 3.56. The zero-order valence-corrected chi connectivity index (χ0v) is 14.1. The largest absolute Gasteiger partial charge is 0.397 e. The molecule has 2 heterocycles. The van der Waals surface area contributed by atoms with Crippen LogP contribution in [0.2, 0.25) is 0 Å². The number of carbonyl (C=O) groups excluding carboxylic acids is 1. The van der Waals surface area contributed by atoms with E-state index >= 15 is 0 Å². The van der Waals surface area contributed by atoms with Gasteiger partial charge in [-0.05, 0) is 25.7 Å². The van der Waals surface area contributed by atoms with Crippen molar-refractivity contribution in [1.29, 1.82) is 0 Å². The molecule has 2 aromatic heterocycles. The lowest BCUT2D eigenvalue weighted by molar-refractivity contribution is 0.0894. The number of ketones is 1. The summed E-state index contributed by atoms with van der Waals surface area (Å²) in [4.78, 5) is 17.5. The summed E-state index contributed by atoms with van der Waals surface area (Å²) in [6.45, 7) is 5.16. The number of nitrogen functional groups attached to an aromatic ring is 1. The summed E-state index contributed by atoms with van der Waals surface area (Å²) in [5.74, 6) is 0.285. The number of nitrogens with zero attached hydrogens (tertiary/aromatic N) is 3. The molecule has 5 nitrogen and oxygen atoms in total. The number of aromatic nitrogens is 3. The van der Waals surface area contributed by atoms with Crippen LogP contribution in [0, 0.1) is 5.92 Å². The van der Waals surface area contributed by atoms with E-state index in [2.05, 4.69) is 18.9 Å². The summed E-state index contributed by atoms with van der Waals surface area (Å²) in [6, 6.07) is 0. The number of nitrogens with two attached hydrogens (primary N) is 1. The third kappa shape index (κ3) is 2.84. The fraction of sp³-hybridized carbons (Fsp3) is 0.611. The molecule has 2 aromatic rings. The molecule has 3 rings (SSSR count). The van der Waals surface area contributed by atoms with Gasteiger partial charge in [0.1, 0.15) is 0 Å². The Labute approximate surface area is 137 Å². The number of fused-ring (bicyclic) bond motifs is 2. The third-order valence-electron chi connectivity index (χ3n) is 4.86. The predicted octanol–water partition coefficient (Wildman–Crippen LogP) is 3.75. The first-order valence-corrected chi connectivity index (χ1v) is 8.85. The number of unbranched alkanes of at least 4 members (excludes halogenated alkanes) is 2. The van der Waals surface area contributed by atoms with Crippen LogP contribution in [0.25, 0.3) is 11.0 Å². The quantitative estimate of drug-likeness (QED) is 0.824. The highest BCUT2D eigenvalue weighted by atomic mass is 16.1. The molecule has 0 spiro atoms. The lowest BCUT2D eigenvalue weighted by Crippen LogP contribution is -2.25. The fourth-order valence-electron chi connectivity index (χ4n) is 3.56. The summed E-state index contributed by atoms with van der Waals surface area (Å²) in [6.07, 6.45) is 8.90. The molecule has 1 atom stereocenters. The van der Waals surface area contributed by atoms with Gasteiger partial charge in [0, 0.05) is 12.5 Å². The molecule has 0 saturated carbocycles. The van der Waals surface area contributed by atoms with E-state index in [1.807, 2.05) is 4.68 Å². The van der Waals surface area contributed by atoms with E-state index in [0.29, 0.717) is 11.3 Å². The maximum absolute atomic E-state index is 12.7. The number of pyridine rings is 1. The smallest absolute Gasteiger partial charge is 0.169 e. The highest BCUT2D eigenvalue weighted by Gasteiger charge is 2.31. The van der Waals surface area contributed by atoms with Crippen molar-refractivity contribution in [3.63, 3.8) is 0 Å². The van der Waals surface area contributed by atoms with Gasteiger partial charge >= 0.3 is 0 Å². The van der Waals surface area contributed by atoms with Crippen molar-refractivity contribution in [2.45, 2.75) is 65.3 Å². The van der Waals surface area contributed by atoms with Gasteiger partial charge in [0.15, 0.2) is 11.4 Å². The predicted molar refractivity (Wildman–Crippen MR) is 92.5 cm³/mol. The second kappa shape index (κ2) is 6.69. The molecule has 0 bridgehead atoms. The van der Waals surface area contributed by atoms with E-state index in [1.54, 1.807) is 6.20 Å². The van der Waals surface area contributed by atoms with Crippen molar-refractivity contribution in [1.82, 2.24) is 14.8 Å². The minimum Gasteiger partial charge on any atom is -0.397 e. The van der Waals surface area contributed by atoms with Gasteiger partial charge in [-0.1, -0.05) is 33.1 Å². The van der Waals surface area contributed by atoms with E-state index in [4.69, 9.17) is 10.7 Å². The minimum atomic E-state index is 0.105. The average molecular weight is 314 g/mol. The van der Waals surface area contributed by atoms with Crippen LogP contribution in [0.4, 0.5) is 5.69 Å². The van der Waals surface area contributed by atoms with E-state index in [0.717, 1.165) is 55.4 Å². The Morgan fingerprint density at radius 2 is 2.13 bits per heavy atom. The monoisotopic (exact) mass is 314 g/mol. The number of rotatable bonds is 6. The van der Waals surface area contributed by atoms with Crippen molar-refractivity contribution in [2.75, 3.05) is 5.73 Å². The standard InChI is InChI=1S/C18H26N4O/c1-3-5-6-10-22-18-13(11-20-22)16(19)15-14(21-18)9-8-12(7-4-2)17(15)23/h11-12H,3-10H2,1-2H3,(H2,19,21). The number of aryl methyl sites for hydroxylation is 2. The van der Waals surface area contributed by atoms with Crippen molar-refractivity contribution < 1.29 is 4.79 Å². The molecule has 0 amide bonds. The van der Waals surface area contributed by atoms with Crippen LogP contribution < -0.4 is 5.73 Å². The summed E-state index contributed by atoms with van der Waals surface area (Å²) in [5, 5.41) is 5.27. The Morgan fingerprint density at radius 3 is 2.87 bits per heavy atom. The molecule has 124 valence electrons. The maximum atomic E-state index is 12.7. The summed E-state index contributed by atoms with van der Waals surface area (Å²) in [7, 11) is 0. The molecule has 1 unspecified atom stereocenters. The molecule has 0 aromatic carbocycles. The third-order valence-corrected chi connectivity index (χ3v) is 4.86. The van der Waals surface area contributed by atoms with Gasteiger partial charge in [-0.15, -0.1) is 0 Å².